The summed E-state index contributed by atoms with van der Waals surface area (Å²) >= 11 is 0. The van der Waals surface area contributed by atoms with Crippen LogP contribution in [-0.4, -0.2) is 45.3 Å². The highest BCUT2D eigenvalue weighted by atomic mass is 19.1. The minimum Gasteiger partial charge on any atom is -0.493 e. The molecule has 22 heavy (non-hydrogen) atoms. The fourth-order valence-corrected chi connectivity index (χ4v) is 3.26. The molecule has 0 aromatic heterocycles. The zero-order valence-corrected chi connectivity index (χ0v) is 13.4. The Morgan fingerprint density at radius 2 is 1.82 bits per heavy atom. The average Bonchev–Trinajstić information content (AvgIpc) is 3.37. The van der Waals surface area contributed by atoms with Gasteiger partial charge in [-0.15, -0.1) is 0 Å². The van der Waals surface area contributed by atoms with Crippen molar-refractivity contribution in [3.05, 3.63) is 23.5 Å². The van der Waals surface area contributed by atoms with E-state index in [1.54, 1.807) is 7.11 Å². The van der Waals surface area contributed by atoms with Crippen LogP contribution < -0.4 is 14.8 Å². The molecule has 3 rings (SSSR count). The fourth-order valence-electron chi connectivity index (χ4n) is 3.26. The molecule has 5 heteroatoms. The molecular formula is C17H25FN2O2. The van der Waals surface area contributed by atoms with Crippen LogP contribution in [0.15, 0.2) is 12.1 Å². The third kappa shape index (κ3) is 3.36. The molecule has 2 aliphatic rings. The lowest BCUT2D eigenvalue weighted by Crippen LogP contribution is -2.45. The van der Waals surface area contributed by atoms with Crippen LogP contribution in [0.25, 0.3) is 0 Å². The number of ether oxygens (including phenoxy) is 2. The van der Waals surface area contributed by atoms with E-state index in [9.17, 15) is 4.39 Å². The Morgan fingerprint density at radius 1 is 1.18 bits per heavy atom. The largest absolute Gasteiger partial charge is 0.493 e. The second-order valence-electron chi connectivity index (χ2n) is 6.21. The van der Waals surface area contributed by atoms with E-state index >= 15 is 0 Å². The molecule has 0 amide bonds. The van der Waals surface area contributed by atoms with Gasteiger partial charge >= 0.3 is 0 Å². The van der Waals surface area contributed by atoms with E-state index in [2.05, 4.69) is 10.2 Å². The maximum atomic E-state index is 14.7. The molecular weight excluding hydrogens is 283 g/mol. The molecule has 1 saturated heterocycles. The Morgan fingerprint density at radius 3 is 2.41 bits per heavy atom. The monoisotopic (exact) mass is 308 g/mol. The highest BCUT2D eigenvalue weighted by molar-refractivity contribution is 5.44. The first kappa shape index (κ1) is 15.6. The first-order valence-corrected chi connectivity index (χ1v) is 8.09. The van der Waals surface area contributed by atoms with Gasteiger partial charge in [0, 0.05) is 43.9 Å². The highest BCUT2D eigenvalue weighted by Crippen LogP contribution is 2.42. The Kier molecular flexibility index (Phi) is 4.84. The van der Waals surface area contributed by atoms with Gasteiger partial charge in [0.15, 0.2) is 11.5 Å². The van der Waals surface area contributed by atoms with Gasteiger partial charge in [-0.25, -0.2) is 4.39 Å². The lowest BCUT2D eigenvalue weighted by atomic mass is 9.97. The smallest absolute Gasteiger partial charge is 0.163 e. The standard InChI is InChI=1S/C17H25FN2O2/c1-21-16-10-13(14(18)11-17(16)22-2)15(9-12-3-4-12)20-7-5-19-6-8-20/h10-12,15,19H,3-9H2,1-2H3/t15-/m0/s1. The summed E-state index contributed by atoms with van der Waals surface area (Å²) in [6.45, 7) is 3.86. The zero-order chi connectivity index (χ0) is 15.5. The summed E-state index contributed by atoms with van der Waals surface area (Å²) < 4.78 is 25.2. The summed E-state index contributed by atoms with van der Waals surface area (Å²) in [6, 6.07) is 3.41. The van der Waals surface area contributed by atoms with Gasteiger partial charge in [-0.05, 0) is 18.4 Å². The fraction of sp³-hybridized carbons (Fsp3) is 0.647. The third-order valence-corrected chi connectivity index (χ3v) is 4.71. The average molecular weight is 308 g/mol. The molecule has 0 unspecified atom stereocenters. The second kappa shape index (κ2) is 6.84. The molecule has 1 aromatic rings. The molecule has 1 saturated carbocycles. The van der Waals surface area contributed by atoms with Crippen LogP contribution in [0.2, 0.25) is 0 Å². The van der Waals surface area contributed by atoms with E-state index < -0.39 is 0 Å². The van der Waals surface area contributed by atoms with Crippen LogP contribution in [0, 0.1) is 11.7 Å². The summed E-state index contributed by atoms with van der Waals surface area (Å²) in [7, 11) is 3.13. The van der Waals surface area contributed by atoms with Gasteiger partial charge < -0.3 is 14.8 Å². The number of nitrogens with zero attached hydrogens (tertiary/aromatic N) is 1. The van der Waals surface area contributed by atoms with Crippen molar-refractivity contribution in [2.75, 3.05) is 40.4 Å². The van der Waals surface area contributed by atoms with Gasteiger partial charge in [0.25, 0.3) is 0 Å². The maximum Gasteiger partial charge on any atom is 0.163 e. The van der Waals surface area contributed by atoms with Gasteiger partial charge in [-0.1, -0.05) is 12.8 Å². The number of nitrogens with one attached hydrogen (secondary N) is 1. The molecule has 2 fully saturated rings. The molecule has 122 valence electrons. The van der Waals surface area contributed by atoms with Crippen LogP contribution in [0.4, 0.5) is 4.39 Å². The first-order valence-electron chi connectivity index (χ1n) is 8.09. The predicted octanol–water partition coefficient (Wildman–Crippen LogP) is 2.59. The Labute approximate surface area is 131 Å². The lowest BCUT2D eigenvalue weighted by Gasteiger charge is -2.35. The van der Waals surface area contributed by atoms with E-state index in [0.717, 1.165) is 44.1 Å². The number of benzene rings is 1. The van der Waals surface area contributed by atoms with E-state index in [1.165, 1.54) is 26.0 Å². The first-order chi connectivity index (χ1) is 10.7. The van der Waals surface area contributed by atoms with Crippen LogP contribution in [0.5, 0.6) is 11.5 Å². The topological polar surface area (TPSA) is 33.7 Å². The Hall–Kier alpha value is -1.33. The van der Waals surface area contributed by atoms with Crippen molar-refractivity contribution in [1.82, 2.24) is 10.2 Å². The van der Waals surface area contributed by atoms with Crippen molar-refractivity contribution in [1.29, 1.82) is 0 Å². The number of hydrogen-bond acceptors (Lipinski definition) is 4. The summed E-state index contributed by atoms with van der Waals surface area (Å²) in [5.41, 5.74) is 0.742. The number of hydrogen-bond donors (Lipinski definition) is 1. The van der Waals surface area contributed by atoms with Gasteiger partial charge in [-0.3, -0.25) is 4.90 Å². The third-order valence-electron chi connectivity index (χ3n) is 4.71. The molecule has 1 atom stereocenters. The van der Waals surface area contributed by atoms with Gasteiger partial charge in [0.1, 0.15) is 5.82 Å². The van der Waals surface area contributed by atoms with Crippen molar-refractivity contribution < 1.29 is 13.9 Å². The molecule has 1 aliphatic heterocycles. The van der Waals surface area contributed by atoms with Gasteiger partial charge in [0.2, 0.25) is 0 Å². The zero-order valence-electron chi connectivity index (χ0n) is 13.4. The molecule has 1 N–H and O–H groups in total. The van der Waals surface area contributed by atoms with E-state index in [-0.39, 0.29) is 11.9 Å². The summed E-state index contributed by atoms with van der Waals surface area (Å²) in [6.07, 6.45) is 3.58. The SMILES string of the molecule is COc1cc(F)c([C@H](CC2CC2)N2CCNCC2)cc1OC. The van der Waals surface area contributed by atoms with Crippen LogP contribution in [-0.2, 0) is 0 Å². The van der Waals surface area contributed by atoms with Crippen molar-refractivity contribution in [3.63, 3.8) is 0 Å². The minimum absolute atomic E-state index is 0.134. The summed E-state index contributed by atoms with van der Waals surface area (Å²) in [5.74, 6) is 1.61. The van der Waals surface area contributed by atoms with Crippen molar-refractivity contribution >= 4 is 0 Å². The van der Waals surface area contributed by atoms with Gasteiger partial charge in [0.05, 0.1) is 14.2 Å². The lowest BCUT2D eigenvalue weighted by molar-refractivity contribution is 0.157. The number of halogens is 1. The molecule has 1 aliphatic carbocycles. The van der Waals surface area contributed by atoms with E-state index in [1.807, 2.05) is 6.07 Å². The summed E-state index contributed by atoms with van der Waals surface area (Å²) in [5, 5.41) is 3.37. The summed E-state index contributed by atoms with van der Waals surface area (Å²) in [4.78, 5) is 2.40. The maximum absolute atomic E-state index is 14.7. The minimum atomic E-state index is -0.193. The second-order valence-corrected chi connectivity index (χ2v) is 6.21. The molecule has 0 bridgehead atoms. The number of rotatable bonds is 6. The predicted molar refractivity (Wildman–Crippen MR) is 84.0 cm³/mol. The normalized spacial score (nSPS) is 20.7. The molecule has 0 spiro atoms. The van der Waals surface area contributed by atoms with E-state index in [4.69, 9.17) is 9.47 Å². The Bertz CT molecular complexity index is 514. The van der Waals surface area contributed by atoms with Crippen LogP contribution >= 0.6 is 0 Å². The number of methoxy groups -OCH3 is 2. The van der Waals surface area contributed by atoms with E-state index in [0.29, 0.717) is 11.5 Å². The highest BCUT2D eigenvalue weighted by Gasteiger charge is 2.32. The Balaban J connectivity index is 1.91. The quantitative estimate of drug-likeness (QED) is 0.876. The van der Waals surface area contributed by atoms with Crippen molar-refractivity contribution in [2.45, 2.75) is 25.3 Å². The van der Waals surface area contributed by atoms with Crippen molar-refractivity contribution in [3.8, 4) is 11.5 Å². The van der Waals surface area contributed by atoms with Gasteiger partial charge in [-0.2, -0.15) is 0 Å². The molecule has 0 radical (unpaired) electrons. The molecule has 1 aromatic carbocycles. The molecule has 1 heterocycles. The van der Waals surface area contributed by atoms with Crippen LogP contribution in [0.1, 0.15) is 30.9 Å². The van der Waals surface area contributed by atoms with Crippen molar-refractivity contribution in [2.24, 2.45) is 5.92 Å². The van der Waals surface area contributed by atoms with Crippen LogP contribution in [0.3, 0.4) is 0 Å². The number of piperazine rings is 1. The molecule has 4 nitrogen and oxygen atoms in total.